The van der Waals surface area contributed by atoms with Crippen LogP contribution < -0.4 is 24.4 Å². The number of rotatable bonds is 7. The van der Waals surface area contributed by atoms with Crippen LogP contribution in [0.2, 0.25) is 0 Å². The Morgan fingerprint density at radius 3 is 2.59 bits per heavy atom. The van der Waals surface area contributed by atoms with E-state index >= 15 is 0 Å². The molecule has 39 heavy (non-hydrogen) atoms. The average Bonchev–Trinajstić information content (AvgIpc) is 3.52. The first-order valence-corrected chi connectivity index (χ1v) is 13.7. The Kier molecular flexibility index (Phi) is 7.58. The van der Waals surface area contributed by atoms with Gasteiger partial charge in [-0.3, -0.25) is 9.36 Å². The van der Waals surface area contributed by atoms with E-state index in [2.05, 4.69) is 20.9 Å². The summed E-state index contributed by atoms with van der Waals surface area (Å²) in [4.78, 5) is 32.1. The predicted molar refractivity (Wildman–Crippen MR) is 152 cm³/mol. The lowest BCUT2D eigenvalue weighted by Gasteiger charge is -2.26. The average molecular weight is 609 g/mol. The number of hydrogen-bond acceptors (Lipinski definition) is 8. The molecule has 2 aromatic heterocycles. The van der Waals surface area contributed by atoms with Crippen LogP contribution in [0.4, 0.5) is 0 Å². The van der Waals surface area contributed by atoms with E-state index in [-0.39, 0.29) is 17.7 Å². The highest BCUT2D eigenvalue weighted by Crippen LogP contribution is 2.37. The van der Waals surface area contributed by atoms with Gasteiger partial charge in [-0.2, -0.15) is 0 Å². The quantitative estimate of drug-likeness (QED) is 0.279. The second kappa shape index (κ2) is 11.1. The number of furan rings is 1. The van der Waals surface area contributed by atoms with E-state index in [1.165, 1.54) is 23.0 Å². The SMILES string of the molecule is CCOC(=O)C1=C(C)N=c2sc(=Cc3ccc(-c4ccc(Br)cc4)o3)c(=O)n2C1c1ccc(OC)cc1OC. The summed E-state index contributed by atoms with van der Waals surface area (Å²) in [6, 6.07) is 15.9. The summed E-state index contributed by atoms with van der Waals surface area (Å²) in [7, 11) is 3.09. The van der Waals surface area contributed by atoms with Crippen LogP contribution in [-0.2, 0) is 9.53 Å². The summed E-state index contributed by atoms with van der Waals surface area (Å²) < 4.78 is 25.3. The first kappa shape index (κ1) is 26.7. The molecule has 1 aliphatic rings. The Hall–Kier alpha value is -3.89. The lowest BCUT2D eigenvalue weighted by Crippen LogP contribution is -2.40. The summed E-state index contributed by atoms with van der Waals surface area (Å²) in [5.74, 6) is 1.72. The number of nitrogens with zero attached hydrogens (tertiary/aromatic N) is 2. The molecule has 0 aliphatic carbocycles. The molecule has 5 rings (SSSR count). The molecule has 8 nitrogen and oxygen atoms in total. The second-order valence-electron chi connectivity index (χ2n) is 8.62. The highest BCUT2D eigenvalue weighted by atomic mass is 79.9. The summed E-state index contributed by atoms with van der Waals surface area (Å²) in [6.45, 7) is 3.66. The Bertz CT molecular complexity index is 1760. The molecule has 2 aromatic carbocycles. The molecule has 1 aliphatic heterocycles. The molecule has 3 heterocycles. The minimum Gasteiger partial charge on any atom is -0.497 e. The second-order valence-corrected chi connectivity index (χ2v) is 10.5. The molecular weight excluding hydrogens is 584 g/mol. The minimum absolute atomic E-state index is 0.186. The Morgan fingerprint density at radius 1 is 1.13 bits per heavy atom. The zero-order chi connectivity index (χ0) is 27.7. The van der Waals surface area contributed by atoms with Crippen molar-refractivity contribution in [1.82, 2.24) is 4.57 Å². The van der Waals surface area contributed by atoms with Crippen LogP contribution >= 0.6 is 27.3 Å². The van der Waals surface area contributed by atoms with Gasteiger partial charge in [0.05, 0.1) is 36.6 Å². The monoisotopic (exact) mass is 608 g/mol. The largest absolute Gasteiger partial charge is 0.497 e. The van der Waals surface area contributed by atoms with Gasteiger partial charge in [-0.1, -0.05) is 39.4 Å². The lowest BCUT2D eigenvalue weighted by molar-refractivity contribution is -0.139. The van der Waals surface area contributed by atoms with E-state index in [4.69, 9.17) is 18.6 Å². The number of benzene rings is 2. The number of methoxy groups -OCH3 is 2. The standard InChI is InChI=1S/C29H25BrN2O6S/c1-5-37-28(34)25-16(2)31-29-32(26(25)21-12-10-19(35-3)14-23(21)36-4)27(33)24(39-29)15-20-11-13-22(38-20)17-6-8-18(30)9-7-17/h6-15,26H,5H2,1-4H3. The third kappa shape index (κ3) is 5.09. The Morgan fingerprint density at radius 2 is 1.90 bits per heavy atom. The zero-order valence-electron chi connectivity index (χ0n) is 21.7. The normalized spacial score (nSPS) is 15.1. The van der Waals surface area contributed by atoms with Gasteiger partial charge >= 0.3 is 5.97 Å². The van der Waals surface area contributed by atoms with Gasteiger partial charge in [0.2, 0.25) is 0 Å². The van der Waals surface area contributed by atoms with Gasteiger partial charge in [0.1, 0.15) is 29.1 Å². The topological polar surface area (TPSA) is 92.3 Å². The van der Waals surface area contributed by atoms with Gasteiger partial charge in [-0.05, 0) is 50.2 Å². The minimum atomic E-state index is -0.807. The molecule has 4 aromatic rings. The first-order chi connectivity index (χ1) is 18.8. The number of esters is 1. The fourth-order valence-electron chi connectivity index (χ4n) is 4.46. The van der Waals surface area contributed by atoms with Crippen molar-refractivity contribution in [3.63, 3.8) is 0 Å². The molecule has 0 fully saturated rings. The van der Waals surface area contributed by atoms with Gasteiger partial charge in [0.25, 0.3) is 5.56 Å². The smallest absolute Gasteiger partial charge is 0.338 e. The van der Waals surface area contributed by atoms with E-state index in [1.807, 2.05) is 36.4 Å². The predicted octanol–water partition coefficient (Wildman–Crippen LogP) is 4.84. The molecule has 0 saturated heterocycles. The molecule has 200 valence electrons. The number of allylic oxidation sites excluding steroid dienone is 1. The molecular formula is C29H25BrN2O6S. The van der Waals surface area contributed by atoms with Gasteiger partial charge in [-0.25, -0.2) is 9.79 Å². The van der Waals surface area contributed by atoms with Crippen molar-refractivity contribution in [2.75, 3.05) is 20.8 Å². The van der Waals surface area contributed by atoms with Crippen molar-refractivity contribution in [1.29, 1.82) is 0 Å². The van der Waals surface area contributed by atoms with Crippen LogP contribution in [0.15, 0.2) is 84.5 Å². The van der Waals surface area contributed by atoms with Crippen molar-refractivity contribution in [3.05, 3.63) is 101 Å². The Balaban J connectivity index is 1.67. The molecule has 1 unspecified atom stereocenters. The summed E-state index contributed by atoms with van der Waals surface area (Å²) in [5, 5.41) is 0. The van der Waals surface area contributed by atoms with Crippen LogP contribution in [0, 0.1) is 0 Å². The molecule has 0 spiro atoms. The first-order valence-electron chi connectivity index (χ1n) is 12.1. The number of carbonyl (C=O) groups excluding carboxylic acids is 1. The number of ether oxygens (including phenoxy) is 3. The van der Waals surface area contributed by atoms with Gasteiger partial charge < -0.3 is 18.6 Å². The fourth-order valence-corrected chi connectivity index (χ4v) is 5.75. The summed E-state index contributed by atoms with van der Waals surface area (Å²) in [5.41, 5.74) is 1.96. The molecule has 0 saturated carbocycles. The molecule has 10 heteroatoms. The van der Waals surface area contributed by atoms with Crippen LogP contribution in [0.25, 0.3) is 17.4 Å². The van der Waals surface area contributed by atoms with Crippen molar-refractivity contribution in [2.24, 2.45) is 4.99 Å². The maximum Gasteiger partial charge on any atom is 0.338 e. The van der Waals surface area contributed by atoms with E-state index in [9.17, 15) is 9.59 Å². The van der Waals surface area contributed by atoms with Crippen molar-refractivity contribution < 1.29 is 23.4 Å². The van der Waals surface area contributed by atoms with E-state index < -0.39 is 12.0 Å². The van der Waals surface area contributed by atoms with Crippen LogP contribution in [0.3, 0.4) is 0 Å². The van der Waals surface area contributed by atoms with Crippen LogP contribution in [0.1, 0.15) is 31.2 Å². The number of hydrogen-bond donors (Lipinski definition) is 0. The highest BCUT2D eigenvalue weighted by molar-refractivity contribution is 9.10. The van der Waals surface area contributed by atoms with E-state index in [0.717, 1.165) is 10.0 Å². The Labute approximate surface area is 236 Å². The fraction of sp³-hybridized carbons (Fsp3) is 0.207. The van der Waals surface area contributed by atoms with Crippen LogP contribution in [0.5, 0.6) is 11.5 Å². The summed E-state index contributed by atoms with van der Waals surface area (Å²) in [6.07, 6.45) is 1.69. The molecule has 0 amide bonds. The van der Waals surface area contributed by atoms with Crippen LogP contribution in [-0.4, -0.2) is 31.4 Å². The number of aromatic nitrogens is 1. The maximum atomic E-state index is 13.9. The third-order valence-electron chi connectivity index (χ3n) is 6.28. The number of fused-ring (bicyclic) bond motifs is 1. The number of halogens is 1. The van der Waals surface area contributed by atoms with Crippen molar-refractivity contribution in [3.8, 4) is 22.8 Å². The van der Waals surface area contributed by atoms with Crippen molar-refractivity contribution in [2.45, 2.75) is 19.9 Å². The molecule has 0 bridgehead atoms. The molecule has 0 N–H and O–H groups in total. The van der Waals surface area contributed by atoms with E-state index in [1.54, 1.807) is 45.2 Å². The molecule has 1 atom stereocenters. The van der Waals surface area contributed by atoms with Gasteiger partial charge in [-0.15, -0.1) is 0 Å². The lowest BCUT2D eigenvalue weighted by atomic mass is 9.95. The van der Waals surface area contributed by atoms with E-state index in [0.29, 0.717) is 43.6 Å². The maximum absolute atomic E-state index is 13.9. The van der Waals surface area contributed by atoms with Crippen molar-refractivity contribution >= 4 is 39.3 Å². The number of carbonyl (C=O) groups is 1. The summed E-state index contributed by atoms with van der Waals surface area (Å²) >= 11 is 4.66. The highest BCUT2D eigenvalue weighted by Gasteiger charge is 2.35. The number of thiazole rings is 1. The zero-order valence-corrected chi connectivity index (χ0v) is 24.1. The molecule has 0 radical (unpaired) electrons. The third-order valence-corrected chi connectivity index (χ3v) is 7.79. The van der Waals surface area contributed by atoms with Gasteiger partial charge in [0.15, 0.2) is 4.80 Å². The van der Waals surface area contributed by atoms with Gasteiger partial charge in [0, 0.05) is 27.7 Å².